The Bertz CT molecular complexity index is 3760. The van der Waals surface area contributed by atoms with Crippen molar-refractivity contribution in [2.24, 2.45) is 0 Å². The Morgan fingerprint density at radius 3 is 1.43 bits per heavy atom. The maximum absolute atomic E-state index is 6.60. The lowest BCUT2D eigenvalue weighted by atomic mass is 9.66. The van der Waals surface area contributed by atoms with E-state index in [1.807, 2.05) is 72.8 Å². The van der Waals surface area contributed by atoms with Gasteiger partial charge in [0.2, 0.25) is 11.8 Å². The first-order valence-electron chi connectivity index (χ1n) is 22.9. The van der Waals surface area contributed by atoms with Crippen LogP contribution in [-0.4, -0.2) is 9.97 Å². The SMILES string of the molecule is c1ccc(-c2nc3cc(-c4cc(-c5ccc(-c6ccc7c(c6)C6(c8ccccc8Oc8ccccc86)c6ccccc6-7)cc5)cc(-c5ccc6nc(-c7ccccc7)oc6c5)c4)ccc3o2)cc1. The molecule has 10 aromatic carbocycles. The maximum atomic E-state index is 6.60. The van der Waals surface area contributed by atoms with Crippen LogP contribution in [0.4, 0.5) is 0 Å². The lowest BCUT2D eigenvalue weighted by Crippen LogP contribution is -2.32. The molecule has 0 N–H and O–H groups in total. The van der Waals surface area contributed by atoms with Crippen molar-refractivity contribution in [1.29, 1.82) is 0 Å². The summed E-state index contributed by atoms with van der Waals surface area (Å²) in [7, 11) is 0. The number of aromatic nitrogens is 2. The molecule has 14 rings (SSSR count). The van der Waals surface area contributed by atoms with E-state index in [-0.39, 0.29) is 0 Å². The second-order valence-corrected chi connectivity index (χ2v) is 17.7. The molecule has 0 bridgehead atoms. The zero-order chi connectivity index (χ0) is 44.8. The molecule has 0 saturated heterocycles. The first kappa shape index (κ1) is 38.2. The minimum atomic E-state index is -0.528. The number of hydrogen-bond acceptors (Lipinski definition) is 5. The number of nitrogens with zero attached hydrogens (tertiary/aromatic N) is 2. The molecule has 1 aliphatic heterocycles. The Kier molecular flexibility index (Phi) is 8.43. The van der Waals surface area contributed by atoms with Crippen LogP contribution in [0.3, 0.4) is 0 Å². The summed E-state index contributed by atoms with van der Waals surface area (Å²) < 4.78 is 19.2. The number of rotatable bonds is 6. The predicted molar refractivity (Wildman–Crippen MR) is 272 cm³/mol. The molecule has 12 aromatic rings. The van der Waals surface area contributed by atoms with Crippen LogP contribution in [0, 0.1) is 0 Å². The third-order valence-electron chi connectivity index (χ3n) is 13.8. The number of fused-ring (bicyclic) bond motifs is 11. The summed E-state index contributed by atoms with van der Waals surface area (Å²) in [4.78, 5) is 9.74. The van der Waals surface area contributed by atoms with Gasteiger partial charge in [0.25, 0.3) is 0 Å². The van der Waals surface area contributed by atoms with Crippen molar-refractivity contribution in [3.05, 3.63) is 253 Å². The highest BCUT2D eigenvalue weighted by Crippen LogP contribution is 2.62. The average molecular weight is 871 g/mol. The number of hydrogen-bond donors (Lipinski definition) is 0. The largest absolute Gasteiger partial charge is 0.457 e. The molecule has 2 aliphatic rings. The van der Waals surface area contributed by atoms with Gasteiger partial charge in [-0.3, -0.25) is 0 Å². The Morgan fingerprint density at radius 2 is 0.750 bits per heavy atom. The van der Waals surface area contributed by atoms with Gasteiger partial charge in [-0.25, -0.2) is 9.97 Å². The number of benzene rings is 10. The molecule has 3 heterocycles. The first-order chi connectivity index (χ1) is 33.6. The first-order valence-corrected chi connectivity index (χ1v) is 22.9. The van der Waals surface area contributed by atoms with Crippen LogP contribution in [0.5, 0.6) is 11.5 Å². The van der Waals surface area contributed by atoms with Crippen LogP contribution >= 0.6 is 0 Å². The lowest BCUT2D eigenvalue weighted by Gasteiger charge is -2.39. The summed E-state index contributed by atoms with van der Waals surface area (Å²) in [6, 6.07) is 81.3. The van der Waals surface area contributed by atoms with Crippen LogP contribution in [0.25, 0.3) is 101 Å². The average Bonchev–Trinajstić information content (AvgIpc) is 4.12. The molecule has 5 nitrogen and oxygen atoms in total. The standard InChI is InChI=1S/C63H38N2O3/c1-3-13-41(14-4-1)61-64-55-31-28-45(38-60(55)68-61)48-34-46(33-47(35-48)44-29-32-59-56(37-44)65-62(67-59)42-15-5-2-6-16-42)40-25-23-39(24-26-40)43-27-30-50-49-17-7-8-18-51(49)63(54(50)36-43)52-19-9-11-21-57(52)66-58-22-12-10-20-53(58)63/h1-38H. The summed E-state index contributed by atoms with van der Waals surface area (Å²) >= 11 is 0. The van der Waals surface area contributed by atoms with E-state index in [9.17, 15) is 0 Å². The molecule has 68 heavy (non-hydrogen) atoms. The summed E-state index contributed by atoms with van der Waals surface area (Å²) in [5, 5.41) is 0. The second kappa shape index (κ2) is 15.0. The minimum absolute atomic E-state index is 0.528. The molecule has 0 saturated carbocycles. The number of para-hydroxylation sites is 2. The zero-order valence-electron chi connectivity index (χ0n) is 36.6. The topological polar surface area (TPSA) is 61.3 Å². The van der Waals surface area contributed by atoms with Crippen molar-refractivity contribution in [3.8, 4) is 90.0 Å². The van der Waals surface area contributed by atoms with E-state index in [1.165, 1.54) is 22.3 Å². The van der Waals surface area contributed by atoms with Crippen molar-refractivity contribution >= 4 is 22.2 Å². The highest BCUT2D eigenvalue weighted by atomic mass is 16.5. The van der Waals surface area contributed by atoms with Crippen molar-refractivity contribution in [2.45, 2.75) is 5.41 Å². The smallest absolute Gasteiger partial charge is 0.227 e. The molecule has 0 fully saturated rings. The van der Waals surface area contributed by atoms with Crippen LogP contribution in [-0.2, 0) is 5.41 Å². The fourth-order valence-corrected chi connectivity index (χ4v) is 10.6. The van der Waals surface area contributed by atoms with Gasteiger partial charge >= 0.3 is 0 Å². The quantitative estimate of drug-likeness (QED) is 0.167. The predicted octanol–water partition coefficient (Wildman–Crippen LogP) is 16.4. The highest BCUT2D eigenvalue weighted by Gasteiger charge is 2.51. The molecule has 0 atom stereocenters. The van der Waals surface area contributed by atoms with Gasteiger partial charge in [0, 0.05) is 22.3 Å². The van der Waals surface area contributed by atoms with E-state index in [0.29, 0.717) is 11.8 Å². The van der Waals surface area contributed by atoms with Crippen LogP contribution < -0.4 is 4.74 Å². The van der Waals surface area contributed by atoms with E-state index in [4.69, 9.17) is 23.5 Å². The molecule has 2 aromatic heterocycles. The van der Waals surface area contributed by atoms with Gasteiger partial charge in [0.15, 0.2) is 11.2 Å². The normalized spacial score (nSPS) is 12.9. The lowest BCUT2D eigenvalue weighted by molar-refractivity contribution is 0.436. The highest BCUT2D eigenvalue weighted by molar-refractivity contribution is 5.92. The minimum Gasteiger partial charge on any atom is -0.457 e. The number of ether oxygens (including phenoxy) is 1. The molecule has 0 unspecified atom stereocenters. The van der Waals surface area contributed by atoms with Crippen LogP contribution in [0.15, 0.2) is 239 Å². The summed E-state index contributed by atoms with van der Waals surface area (Å²) in [5.74, 6) is 2.99. The molecule has 0 radical (unpaired) electrons. The van der Waals surface area contributed by atoms with Crippen molar-refractivity contribution in [2.75, 3.05) is 0 Å². The molecule has 0 amide bonds. The summed E-state index contributed by atoms with van der Waals surface area (Å²) in [6.45, 7) is 0. The third kappa shape index (κ3) is 5.96. The molecular formula is C63H38N2O3. The van der Waals surface area contributed by atoms with Gasteiger partial charge in [-0.2, -0.15) is 0 Å². The van der Waals surface area contributed by atoms with E-state index in [0.717, 1.165) is 100 Å². The van der Waals surface area contributed by atoms with Crippen molar-refractivity contribution in [1.82, 2.24) is 9.97 Å². The van der Waals surface area contributed by atoms with Gasteiger partial charge < -0.3 is 13.6 Å². The third-order valence-corrected chi connectivity index (χ3v) is 13.8. The van der Waals surface area contributed by atoms with E-state index < -0.39 is 5.41 Å². The Balaban J connectivity index is 0.883. The second-order valence-electron chi connectivity index (χ2n) is 17.7. The molecule has 5 heteroatoms. The van der Waals surface area contributed by atoms with Crippen LogP contribution in [0.2, 0.25) is 0 Å². The zero-order valence-corrected chi connectivity index (χ0v) is 36.6. The number of oxazole rings is 2. The molecule has 1 aliphatic carbocycles. The van der Waals surface area contributed by atoms with Gasteiger partial charge in [-0.15, -0.1) is 0 Å². The Morgan fingerprint density at radius 1 is 0.279 bits per heavy atom. The molecule has 318 valence electrons. The summed E-state index contributed by atoms with van der Waals surface area (Å²) in [5.41, 5.74) is 20.5. The summed E-state index contributed by atoms with van der Waals surface area (Å²) in [6.07, 6.45) is 0. The van der Waals surface area contributed by atoms with Gasteiger partial charge in [0.05, 0.1) is 5.41 Å². The van der Waals surface area contributed by atoms with E-state index in [1.54, 1.807) is 0 Å². The van der Waals surface area contributed by atoms with Crippen molar-refractivity contribution < 1.29 is 13.6 Å². The fourth-order valence-electron chi connectivity index (χ4n) is 10.6. The fraction of sp³-hybridized carbons (Fsp3) is 0.0159. The molecular weight excluding hydrogens is 833 g/mol. The van der Waals surface area contributed by atoms with Crippen LogP contribution in [0.1, 0.15) is 22.3 Å². The van der Waals surface area contributed by atoms with Crippen molar-refractivity contribution in [3.63, 3.8) is 0 Å². The van der Waals surface area contributed by atoms with Gasteiger partial charge in [-0.1, -0.05) is 146 Å². The van der Waals surface area contributed by atoms with E-state index in [2.05, 4.69) is 158 Å². The van der Waals surface area contributed by atoms with Gasteiger partial charge in [-0.05, 0) is 152 Å². The Hall–Kier alpha value is -9.06. The maximum Gasteiger partial charge on any atom is 0.227 e. The van der Waals surface area contributed by atoms with E-state index >= 15 is 0 Å². The monoisotopic (exact) mass is 870 g/mol. The van der Waals surface area contributed by atoms with Gasteiger partial charge in [0.1, 0.15) is 22.5 Å². The molecule has 1 spiro atoms. The Labute approximate surface area is 392 Å².